The molecule has 0 radical (unpaired) electrons. The van der Waals surface area contributed by atoms with Crippen molar-refractivity contribution < 1.29 is 5.11 Å². The van der Waals surface area contributed by atoms with Crippen LogP contribution in [0.1, 0.15) is 51.4 Å². The molecule has 2 unspecified atom stereocenters. The van der Waals surface area contributed by atoms with Crippen LogP contribution in [0.5, 0.6) is 0 Å². The minimum Gasteiger partial charge on any atom is -0.389 e. The van der Waals surface area contributed by atoms with Crippen molar-refractivity contribution in [2.24, 2.45) is 18.4 Å². The van der Waals surface area contributed by atoms with Crippen LogP contribution >= 0.6 is 15.9 Å². The van der Waals surface area contributed by atoms with Crippen molar-refractivity contribution in [3.05, 3.63) is 15.9 Å². The molecule has 0 bridgehead atoms. The Hall–Kier alpha value is -0.350. The predicted molar refractivity (Wildman–Crippen MR) is 81.1 cm³/mol. The monoisotopic (exact) mass is 328 g/mol. The van der Waals surface area contributed by atoms with E-state index in [2.05, 4.69) is 41.8 Å². The standard InChI is InChI=1S/C15H25BrN2O/c1-10-8-14(3,4)6-7-15(10,19)9-12-13(16)11(2)17-18(12)5/h10,19H,6-9H2,1-5H3. The van der Waals surface area contributed by atoms with Gasteiger partial charge in [0.15, 0.2) is 0 Å². The topological polar surface area (TPSA) is 38.0 Å². The molecular weight excluding hydrogens is 304 g/mol. The van der Waals surface area contributed by atoms with Crippen LogP contribution in [-0.2, 0) is 13.5 Å². The van der Waals surface area contributed by atoms with Crippen molar-refractivity contribution in [3.8, 4) is 0 Å². The summed E-state index contributed by atoms with van der Waals surface area (Å²) in [6, 6.07) is 0. The second-order valence-electron chi connectivity index (χ2n) is 7.02. The molecule has 0 amide bonds. The molecule has 108 valence electrons. The lowest BCUT2D eigenvalue weighted by atomic mass is 9.64. The van der Waals surface area contributed by atoms with Gasteiger partial charge in [-0.3, -0.25) is 4.68 Å². The summed E-state index contributed by atoms with van der Waals surface area (Å²) in [5, 5.41) is 15.4. The summed E-state index contributed by atoms with van der Waals surface area (Å²) in [6.45, 7) is 8.77. The van der Waals surface area contributed by atoms with Crippen LogP contribution in [0.4, 0.5) is 0 Å². The molecule has 0 saturated heterocycles. The summed E-state index contributed by atoms with van der Waals surface area (Å²) in [7, 11) is 1.95. The molecule has 1 heterocycles. The van der Waals surface area contributed by atoms with E-state index in [1.807, 2.05) is 18.7 Å². The molecule has 0 spiro atoms. The van der Waals surface area contributed by atoms with Gasteiger partial charge in [-0.05, 0) is 53.4 Å². The third-order valence-electron chi connectivity index (χ3n) is 4.75. The number of hydrogen-bond acceptors (Lipinski definition) is 2. The number of aryl methyl sites for hydroxylation is 2. The minimum atomic E-state index is -0.599. The van der Waals surface area contributed by atoms with Gasteiger partial charge < -0.3 is 5.11 Å². The highest BCUT2D eigenvalue weighted by Crippen LogP contribution is 2.45. The Balaban J connectivity index is 2.22. The Morgan fingerprint density at radius 3 is 2.53 bits per heavy atom. The first kappa shape index (κ1) is 15.0. The highest BCUT2D eigenvalue weighted by atomic mass is 79.9. The molecule has 1 aromatic heterocycles. The Kier molecular flexibility index (Phi) is 3.87. The Labute approximate surface area is 124 Å². The van der Waals surface area contributed by atoms with Crippen LogP contribution in [0, 0.1) is 18.3 Å². The van der Waals surface area contributed by atoms with E-state index in [0.717, 1.165) is 35.1 Å². The smallest absolute Gasteiger partial charge is 0.0738 e. The number of aliphatic hydroxyl groups is 1. The molecule has 4 heteroatoms. The third kappa shape index (κ3) is 2.89. The van der Waals surface area contributed by atoms with Crippen molar-refractivity contribution in [2.75, 3.05) is 0 Å². The molecule has 1 N–H and O–H groups in total. The van der Waals surface area contributed by atoms with Gasteiger partial charge in [-0.15, -0.1) is 0 Å². The zero-order valence-corrected chi connectivity index (χ0v) is 14.2. The zero-order chi connectivity index (χ0) is 14.4. The molecule has 1 aliphatic rings. The average Bonchev–Trinajstić information content (AvgIpc) is 2.52. The van der Waals surface area contributed by atoms with E-state index in [4.69, 9.17) is 0 Å². The van der Waals surface area contributed by atoms with Crippen molar-refractivity contribution in [2.45, 2.75) is 59.0 Å². The van der Waals surface area contributed by atoms with Crippen molar-refractivity contribution in [1.29, 1.82) is 0 Å². The van der Waals surface area contributed by atoms with Crippen LogP contribution in [-0.4, -0.2) is 20.5 Å². The van der Waals surface area contributed by atoms with E-state index in [1.54, 1.807) is 0 Å². The summed E-state index contributed by atoms with van der Waals surface area (Å²) in [5.41, 5.74) is 1.85. The lowest BCUT2D eigenvalue weighted by Crippen LogP contribution is -2.46. The molecule has 1 aromatic rings. The fraction of sp³-hybridized carbons (Fsp3) is 0.800. The van der Waals surface area contributed by atoms with Gasteiger partial charge in [0, 0.05) is 13.5 Å². The molecule has 2 rings (SSSR count). The molecule has 1 aliphatic carbocycles. The maximum Gasteiger partial charge on any atom is 0.0738 e. The summed E-state index contributed by atoms with van der Waals surface area (Å²) in [4.78, 5) is 0. The molecule has 2 atom stereocenters. The Bertz CT molecular complexity index is 481. The van der Waals surface area contributed by atoms with Gasteiger partial charge in [-0.1, -0.05) is 20.8 Å². The third-order valence-corrected chi connectivity index (χ3v) is 5.78. The number of nitrogens with zero attached hydrogens (tertiary/aromatic N) is 2. The predicted octanol–water partition coefficient (Wildman–Crippen LogP) is 3.61. The van der Waals surface area contributed by atoms with Gasteiger partial charge in [-0.25, -0.2) is 0 Å². The van der Waals surface area contributed by atoms with Gasteiger partial charge in [0.05, 0.1) is 21.5 Å². The Morgan fingerprint density at radius 1 is 1.42 bits per heavy atom. The van der Waals surface area contributed by atoms with Crippen molar-refractivity contribution in [3.63, 3.8) is 0 Å². The lowest BCUT2D eigenvalue weighted by molar-refractivity contribution is -0.0715. The van der Waals surface area contributed by atoms with E-state index in [0.29, 0.717) is 17.8 Å². The van der Waals surface area contributed by atoms with Gasteiger partial charge >= 0.3 is 0 Å². The molecule has 0 aromatic carbocycles. The van der Waals surface area contributed by atoms with Gasteiger partial charge in [-0.2, -0.15) is 5.10 Å². The van der Waals surface area contributed by atoms with Crippen LogP contribution < -0.4 is 0 Å². The summed E-state index contributed by atoms with van der Waals surface area (Å²) in [5.74, 6) is 0.318. The molecule has 19 heavy (non-hydrogen) atoms. The number of aromatic nitrogens is 2. The summed E-state index contributed by atoms with van der Waals surface area (Å²) < 4.78 is 2.93. The fourth-order valence-corrected chi connectivity index (χ4v) is 3.82. The quantitative estimate of drug-likeness (QED) is 0.900. The van der Waals surface area contributed by atoms with Gasteiger partial charge in [0.2, 0.25) is 0 Å². The molecule has 0 aliphatic heterocycles. The normalized spacial score (nSPS) is 30.6. The zero-order valence-electron chi connectivity index (χ0n) is 12.6. The first-order valence-corrected chi connectivity index (χ1v) is 7.84. The van der Waals surface area contributed by atoms with Crippen LogP contribution in [0.3, 0.4) is 0 Å². The first-order chi connectivity index (χ1) is 8.65. The molecule has 3 nitrogen and oxygen atoms in total. The molecule has 1 saturated carbocycles. The van der Waals surface area contributed by atoms with Crippen LogP contribution in [0.25, 0.3) is 0 Å². The van der Waals surface area contributed by atoms with E-state index in [9.17, 15) is 5.11 Å². The van der Waals surface area contributed by atoms with Crippen molar-refractivity contribution in [1.82, 2.24) is 9.78 Å². The van der Waals surface area contributed by atoms with E-state index >= 15 is 0 Å². The molecular formula is C15H25BrN2O. The van der Waals surface area contributed by atoms with Gasteiger partial charge in [0.1, 0.15) is 0 Å². The Morgan fingerprint density at radius 2 is 2.05 bits per heavy atom. The van der Waals surface area contributed by atoms with Crippen molar-refractivity contribution >= 4 is 15.9 Å². The largest absolute Gasteiger partial charge is 0.389 e. The number of hydrogen-bond donors (Lipinski definition) is 1. The van der Waals surface area contributed by atoms with E-state index < -0.39 is 5.60 Å². The highest BCUT2D eigenvalue weighted by molar-refractivity contribution is 9.10. The number of rotatable bonds is 2. The maximum atomic E-state index is 11.0. The summed E-state index contributed by atoms with van der Waals surface area (Å²) >= 11 is 3.60. The SMILES string of the molecule is Cc1nn(C)c(CC2(O)CCC(C)(C)CC2C)c1Br. The van der Waals surface area contributed by atoms with Crippen LogP contribution in [0.15, 0.2) is 4.47 Å². The number of halogens is 1. The first-order valence-electron chi connectivity index (χ1n) is 7.05. The minimum absolute atomic E-state index is 0.318. The second kappa shape index (κ2) is 4.88. The highest BCUT2D eigenvalue weighted by Gasteiger charge is 2.43. The van der Waals surface area contributed by atoms with E-state index in [-0.39, 0.29) is 0 Å². The second-order valence-corrected chi connectivity index (χ2v) is 7.81. The lowest BCUT2D eigenvalue weighted by Gasteiger charge is -2.45. The van der Waals surface area contributed by atoms with Gasteiger partial charge in [0.25, 0.3) is 0 Å². The maximum absolute atomic E-state index is 11.0. The van der Waals surface area contributed by atoms with E-state index in [1.165, 1.54) is 0 Å². The average molecular weight is 329 g/mol. The van der Waals surface area contributed by atoms with Crippen LogP contribution in [0.2, 0.25) is 0 Å². The summed E-state index contributed by atoms with van der Waals surface area (Å²) in [6.07, 6.45) is 3.72. The fourth-order valence-electron chi connectivity index (χ4n) is 3.35. The molecule has 1 fully saturated rings.